The lowest BCUT2D eigenvalue weighted by molar-refractivity contribution is 0.0841. The van der Waals surface area contributed by atoms with Gasteiger partial charge in [0.25, 0.3) is 17.4 Å². The number of aryl methyl sites for hydroxylation is 2. The van der Waals surface area contributed by atoms with Crippen LogP contribution in [0.1, 0.15) is 57.8 Å². The lowest BCUT2D eigenvalue weighted by Crippen LogP contribution is -2.43. The molecule has 2 aromatic carbocycles. The lowest BCUT2D eigenvalue weighted by Gasteiger charge is -2.14. The average Bonchev–Trinajstić information content (AvgIpc) is 3.18. The van der Waals surface area contributed by atoms with E-state index >= 15 is 0 Å². The predicted molar refractivity (Wildman–Crippen MR) is 128 cm³/mol. The maximum atomic E-state index is 13.0. The molecule has 35 heavy (non-hydrogen) atoms. The van der Waals surface area contributed by atoms with E-state index in [1.54, 1.807) is 69.3 Å². The highest BCUT2D eigenvalue weighted by Gasteiger charge is 2.20. The van der Waals surface area contributed by atoms with E-state index < -0.39 is 11.8 Å². The minimum absolute atomic E-state index is 0.0251. The van der Waals surface area contributed by atoms with Crippen molar-refractivity contribution in [1.82, 2.24) is 25.8 Å². The maximum absolute atomic E-state index is 13.0. The van der Waals surface area contributed by atoms with Gasteiger partial charge in [-0.3, -0.25) is 25.2 Å². The van der Waals surface area contributed by atoms with Gasteiger partial charge >= 0.3 is 0 Å². The SMILES string of the molecule is Cc1noc(C)c1COc1ccccc1C(=O)NNC(=O)c1nn(C(C)C)c(=O)c2ccccc12. The van der Waals surface area contributed by atoms with Crippen LogP contribution >= 0.6 is 0 Å². The van der Waals surface area contributed by atoms with Gasteiger partial charge in [-0.05, 0) is 45.9 Å². The maximum Gasteiger partial charge on any atom is 0.290 e. The summed E-state index contributed by atoms with van der Waals surface area (Å²) in [6.07, 6.45) is 0. The van der Waals surface area contributed by atoms with Gasteiger partial charge in [-0.2, -0.15) is 5.10 Å². The van der Waals surface area contributed by atoms with E-state index in [0.29, 0.717) is 28.0 Å². The number of nitrogens with zero attached hydrogens (tertiary/aromatic N) is 3. The molecular formula is C25H25N5O5. The van der Waals surface area contributed by atoms with Crippen molar-refractivity contribution >= 4 is 22.6 Å². The van der Waals surface area contributed by atoms with Crippen molar-refractivity contribution in [3.63, 3.8) is 0 Å². The van der Waals surface area contributed by atoms with Crippen LogP contribution in [0.25, 0.3) is 10.8 Å². The quantitative estimate of drug-likeness (QED) is 0.410. The van der Waals surface area contributed by atoms with Gasteiger partial charge in [-0.15, -0.1) is 0 Å². The standard InChI is InChI=1S/C25H25N5O5/c1-14(2)30-25(33)18-10-6-5-9-17(18)22(28-30)24(32)27-26-23(31)19-11-7-8-12-21(19)34-13-20-15(3)29-35-16(20)4/h5-12,14H,13H2,1-4H3,(H,26,31)(H,27,32). The summed E-state index contributed by atoms with van der Waals surface area (Å²) in [5.41, 5.74) is 6.26. The fraction of sp³-hybridized carbons (Fsp3) is 0.240. The van der Waals surface area contributed by atoms with Crippen LogP contribution in [-0.4, -0.2) is 26.8 Å². The van der Waals surface area contributed by atoms with E-state index in [-0.39, 0.29) is 29.5 Å². The van der Waals surface area contributed by atoms with E-state index in [9.17, 15) is 14.4 Å². The summed E-state index contributed by atoms with van der Waals surface area (Å²) in [5.74, 6) is -0.261. The van der Waals surface area contributed by atoms with Gasteiger partial charge in [0.1, 0.15) is 18.1 Å². The third-order valence-corrected chi connectivity index (χ3v) is 5.51. The fourth-order valence-corrected chi connectivity index (χ4v) is 3.60. The zero-order valence-electron chi connectivity index (χ0n) is 19.8. The third kappa shape index (κ3) is 4.77. The van der Waals surface area contributed by atoms with Crippen molar-refractivity contribution in [2.24, 2.45) is 0 Å². The summed E-state index contributed by atoms with van der Waals surface area (Å²) in [7, 11) is 0. The first-order chi connectivity index (χ1) is 16.8. The smallest absolute Gasteiger partial charge is 0.290 e. The lowest BCUT2D eigenvalue weighted by atomic mass is 10.1. The molecule has 0 radical (unpaired) electrons. The van der Waals surface area contributed by atoms with Crippen molar-refractivity contribution < 1.29 is 18.8 Å². The second-order valence-corrected chi connectivity index (χ2v) is 8.23. The molecule has 4 aromatic rings. The van der Waals surface area contributed by atoms with Crippen LogP contribution in [0.4, 0.5) is 0 Å². The van der Waals surface area contributed by atoms with Gasteiger partial charge in [0.2, 0.25) is 0 Å². The molecule has 180 valence electrons. The number of hydrogen-bond donors (Lipinski definition) is 2. The molecule has 10 heteroatoms. The number of carbonyl (C=O) groups is 2. The van der Waals surface area contributed by atoms with E-state index in [1.165, 1.54) is 4.68 Å². The van der Waals surface area contributed by atoms with Crippen LogP contribution in [0, 0.1) is 13.8 Å². The molecule has 2 amide bonds. The number of nitrogens with one attached hydrogen (secondary N) is 2. The van der Waals surface area contributed by atoms with E-state index in [1.807, 2.05) is 6.92 Å². The number of rotatable bonds is 6. The molecule has 0 fully saturated rings. The molecule has 4 rings (SSSR count). The van der Waals surface area contributed by atoms with Gasteiger partial charge < -0.3 is 9.26 Å². The molecule has 0 bridgehead atoms. The number of carbonyl (C=O) groups excluding carboxylic acids is 2. The first kappa shape index (κ1) is 23.7. The van der Waals surface area contributed by atoms with Gasteiger partial charge in [-0.25, -0.2) is 4.68 Å². The third-order valence-electron chi connectivity index (χ3n) is 5.51. The van der Waals surface area contributed by atoms with Crippen LogP contribution in [0.5, 0.6) is 5.75 Å². The van der Waals surface area contributed by atoms with Crippen molar-refractivity contribution in [2.45, 2.75) is 40.3 Å². The van der Waals surface area contributed by atoms with Crippen molar-refractivity contribution in [2.75, 3.05) is 0 Å². The number of benzene rings is 2. The number of fused-ring (bicyclic) bond motifs is 1. The minimum Gasteiger partial charge on any atom is -0.488 e. The first-order valence-corrected chi connectivity index (χ1v) is 11.0. The van der Waals surface area contributed by atoms with Crippen molar-refractivity contribution in [3.8, 4) is 5.75 Å². The van der Waals surface area contributed by atoms with Crippen molar-refractivity contribution in [3.05, 3.63) is 87.2 Å². The second-order valence-electron chi connectivity index (χ2n) is 8.23. The summed E-state index contributed by atoms with van der Waals surface area (Å²) in [6.45, 7) is 7.36. The van der Waals surface area contributed by atoms with E-state index in [0.717, 1.165) is 5.56 Å². The summed E-state index contributed by atoms with van der Waals surface area (Å²) in [5, 5.41) is 8.90. The van der Waals surface area contributed by atoms with Gasteiger partial charge in [0.05, 0.1) is 28.2 Å². The Morgan fingerprint density at radius 3 is 2.34 bits per heavy atom. The molecule has 0 saturated carbocycles. The molecule has 0 spiro atoms. The predicted octanol–water partition coefficient (Wildman–Crippen LogP) is 3.24. The largest absolute Gasteiger partial charge is 0.488 e. The number of ether oxygens (including phenoxy) is 1. The monoisotopic (exact) mass is 475 g/mol. The van der Waals surface area contributed by atoms with Crippen LogP contribution in [0.2, 0.25) is 0 Å². The number of hydrogen-bond acceptors (Lipinski definition) is 7. The number of amides is 2. The molecule has 2 aromatic heterocycles. The minimum atomic E-state index is -0.655. The summed E-state index contributed by atoms with van der Waals surface area (Å²) in [6, 6.07) is 13.1. The van der Waals surface area contributed by atoms with Gasteiger partial charge in [0, 0.05) is 5.39 Å². The molecule has 0 aliphatic rings. The van der Waals surface area contributed by atoms with Crippen molar-refractivity contribution in [1.29, 1.82) is 0 Å². The topological polar surface area (TPSA) is 128 Å². The fourth-order valence-electron chi connectivity index (χ4n) is 3.60. The summed E-state index contributed by atoms with van der Waals surface area (Å²) in [4.78, 5) is 38.5. The number of para-hydroxylation sites is 1. The van der Waals surface area contributed by atoms with Crippen LogP contribution in [0.3, 0.4) is 0 Å². The molecule has 0 saturated heterocycles. The highest BCUT2D eigenvalue weighted by molar-refractivity contribution is 6.06. The van der Waals surface area contributed by atoms with Crippen LogP contribution in [0.15, 0.2) is 57.8 Å². The van der Waals surface area contributed by atoms with E-state index in [2.05, 4.69) is 21.1 Å². The van der Waals surface area contributed by atoms with Crippen LogP contribution < -0.4 is 21.1 Å². The first-order valence-electron chi connectivity index (χ1n) is 11.0. The zero-order chi connectivity index (χ0) is 25.1. The Labute approximate surface area is 200 Å². The molecule has 10 nitrogen and oxygen atoms in total. The Bertz CT molecular complexity index is 1450. The Morgan fingerprint density at radius 1 is 1.00 bits per heavy atom. The van der Waals surface area contributed by atoms with Crippen LogP contribution in [-0.2, 0) is 6.61 Å². The Kier molecular flexibility index (Phi) is 6.63. The summed E-state index contributed by atoms with van der Waals surface area (Å²) < 4.78 is 12.2. The second kappa shape index (κ2) is 9.80. The molecule has 2 heterocycles. The highest BCUT2D eigenvalue weighted by atomic mass is 16.5. The van der Waals surface area contributed by atoms with Gasteiger partial charge in [-0.1, -0.05) is 35.5 Å². The van der Waals surface area contributed by atoms with E-state index in [4.69, 9.17) is 9.26 Å². The normalized spacial score (nSPS) is 11.0. The molecule has 0 aliphatic heterocycles. The molecule has 0 aliphatic carbocycles. The molecular weight excluding hydrogens is 450 g/mol. The Hall–Kier alpha value is -4.47. The zero-order valence-corrected chi connectivity index (χ0v) is 19.8. The Morgan fingerprint density at radius 2 is 1.66 bits per heavy atom. The number of aromatic nitrogens is 3. The molecule has 0 unspecified atom stereocenters. The Balaban J connectivity index is 1.53. The number of hydrazine groups is 1. The molecule has 2 N–H and O–H groups in total. The summed E-state index contributed by atoms with van der Waals surface area (Å²) >= 11 is 0. The average molecular weight is 476 g/mol. The highest BCUT2D eigenvalue weighted by Crippen LogP contribution is 2.21. The molecule has 0 atom stereocenters. The van der Waals surface area contributed by atoms with Gasteiger partial charge in [0.15, 0.2) is 5.69 Å².